The molecule has 2 rings (SSSR count). The van der Waals surface area contributed by atoms with Crippen molar-refractivity contribution >= 4 is 17.8 Å². The lowest BCUT2D eigenvalue weighted by atomic mass is 10.0. The number of rotatable bonds is 6. The van der Waals surface area contributed by atoms with Gasteiger partial charge in [0.15, 0.2) is 0 Å². The predicted molar refractivity (Wildman–Crippen MR) is 91.3 cm³/mol. The number of carbonyl (C=O) groups is 3. The number of benzene rings is 1. The first kappa shape index (κ1) is 20.5. The summed E-state index contributed by atoms with van der Waals surface area (Å²) in [7, 11) is 1.65. The van der Waals surface area contributed by atoms with E-state index < -0.39 is 11.9 Å². The molecule has 25 heavy (non-hydrogen) atoms. The molecule has 0 aliphatic heterocycles. The highest BCUT2D eigenvalue weighted by atomic mass is 16.5. The van der Waals surface area contributed by atoms with Gasteiger partial charge in [-0.1, -0.05) is 43.9 Å². The van der Waals surface area contributed by atoms with Crippen molar-refractivity contribution in [2.75, 3.05) is 7.11 Å². The lowest BCUT2D eigenvalue weighted by molar-refractivity contribution is -0.159. The van der Waals surface area contributed by atoms with Crippen LogP contribution in [0.5, 0.6) is 5.75 Å². The molecule has 0 spiro atoms. The van der Waals surface area contributed by atoms with Crippen molar-refractivity contribution in [1.29, 1.82) is 0 Å². The van der Waals surface area contributed by atoms with E-state index in [1.54, 1.807) is 7.11 Å². The van der Waals surface area contributed by atoms with Gasteiger partial charge in [0.2, 0.25) is 5.91 Å². The first-order chi connectivity index (χ1) is 11.9. The van der Waals surface area contributed by atoms with Gasteiger partial charge in [-0.05, 0) is 18.4 Å². The van der Waals surface area contributed by atoms with E-state index in [1.165, 1.54) is 25.7 Å². The molecule has 1 amide bonds. The zero-order valence-corrected chi connectivity index (χ0v) is 14.4. The number of nitrogens with one attached hydrogen (secondary N) is 1. The maximum atomic E-state index is 11.8. The van der Waals surface area contributed by atoms with Gasteiger partial charge in [0.1, 0.15) is 5.75 Å². The average molecular weight is 351 g/mol. The fourth-order valence-corrected chi connectivity index (χ4v) is 2.77. The number of hydrogen-bond acceptors (Lipinski definition) is 4. The minimum Gasteiger partial charge on any atom is -0.496 e. The van der Waals surface area contributed by atoms with Gasteiger partial charge in [-0.15, -0.1) is 0 Å². The monoisotopic (exact) mass is 351 g/mol. The van der Waals surface area contributed by atoms with E-state index in [9.17, 15) is 4.79 Å². The number of carboxylic acid groups (broad SMARTS) is 2. The Bertz CT molecular complexity index is 569. The number of amides is 1. The maximum absolute atomic E-state index is 11.8. The first-order valence-corrected chi connectivity index (χ1v) is 8.28. The molecular weight excluding hydrogens is 326 g/mol. The van der Waals surface area contributed by atoms with Crippen molar-refractivity contribution in [3.8, 4) is 5.75 Å². The van der Waals surface area contributed by atoms with Crippen LogP contribution in [0.25, 0.3) is 0 Å². The lowest BCUT2D eigenvalue weighted by Crippen LogP contribution is -2.23. The highest BCUT2D eigenvalue weighted by molar-refractivity contribution is 6.27. The highest BCUT2D eigenvalue weighted by Crippen LogP contribution is 2.28. The van der Waals surface area contributed by atoms with Crippen LogP contribution in [0.4, 0.5) is 0 Å². The second kappa shape index (κ2) is 11.1. The summed E-state index contributed by atoms with van der Waals surface area (Å²) in [4.78, 5) is 30.0. The van der Waals surface area contributed by atoms with Crippen LogP contribution >= 0.6 is 0 Å². The van der Waals surface area contributed by atoms with Crippen molar-refractivity contribution in [3.63, 3.8) is 0 Å². The Hall–Kier alpha value is -2.57. The van der Waals surface area contributed by atoms with Gasteiger partial charge < -0.3 is 20.3 Å². The summed E-state index contributed by atoms with van der Waals surface area (Å²) in [5, 5.41) is 17.8. The maximum Gasteiger partial charge on any atom is 0.414 e. The minimum absolute atomic E-state index is 0.151. The Labute approximate surface area is 147 Å². The number of carboxylic acids is 2. The molecular formula is C18H25NO6. The number of methoxy groups -OCH3 is 1. The van der Waals surface area contributed by atoms with Crippen LogP contribution in [0.3, 0.4) is 0 Å². The van der Waals surface area contributed by atoms with Gasteiger partial charge in [0.25, 0.3) is 0 Å². The molecule has 1 aliphatic rings. The van der Waals surface area contributed by atoms with Crippen LogP contribution in [0.1, 0.15) is 44.1 Å². The van der Waals surface area contributed by atoms with Gasteiger partial charge in [-0.2, -0.15) is 0 Å². The van der Waals surface area contributed by atoms with Gasteiger partial charge in [-0.3, -0.25) is 4.79 Å². The number of hydrogen-bond donors (Lipinski definition) is 3. The van der Waals surface area contributed by atoms with Gasteiger partial charge in [0, 0.05) is 18.5 Å². The molecule has 0 aromatic heterocycles. The summed E-state index contributed by atoms with van der Waals surface area (Å²) in [5.74, 6) is -1.89. The second-order valence-electron chi connectivity index (χ2n) is 5.89. The van der Waals surface area contributed by atoms with E-state index in [1.807, 2.05) is 24.3 Å². The molecule has 138 valence electrons. The third kappa shape index (κ3) is 8.19. The molecule has 0 unspecified atom stereocenters. The number of carbonyl (C=O) groups excluding carboxylic acids is 1. The van der Waals surface area contributed by atoms with Gasteiger partial charge in [0.05, 0.1) is 7.11 Å². The topological polar surface area (TPSA) is 113 Å². The average Bonchev–Trinajstić information content (AvgIpc) is 3.12. The Morgan fingerprint density at radius 3 is 2.28 bits per heavy atom. The number of ether oxygens (including phenoxy) is 1. The Morgan fingerprint density at radius 2 is 1.72 bits per heavy atom. The molecule has 0 radical (unpaired) electrons. The normalized spacial score (nSPS) is 13.5. The zero-order chi connectivity index (χ0) is 18.7. The summed E-state index contributed by atoms with van der Waals surface area (Å²) in [6, 6.07) is 7.79. The van der Waals surface area contributed by atoms with Crippen molar-refractivity contribution in [1.82, 2.24) is 5.32 Å². The van der Waals surface area contributed by atoms with Crippen molar-refractivity contribution in [2.45, 2.75) is 45.1 Å². The SMILES string of the molecule is COc1ccccc1CNC(=O)CCC1CCCC1.O=C(O)C(=O)O. The second-order valence-corrected chi connectivity index (χ2v) is 5.89. The molecule has 1 aliphatic carbocycles. The van der Waals surface area contributed by atoms with Crippen molar-refractivity contribution in [3.05, 3.63) is 29.8 Å². The molecule has 3 N–H and O–H groups in total. The van der Waals surface area contributed by atoms with E-state index in [2.05, 4.69) is 5.32 Å². The van der Waals surface area contributed by atoms with Crippen LogP contribution in [0.15, 0.2) is 24.3 Å². The largest absolute Gasteiger partial charge is 0.496 e. The van der Waals surface area contributed by atoms with Crippen molar-refractivity contribution in [2.24, 2.45) is 5.92 Å². The van der Waals surface area contributed by atoms with Crippen LogP contribution in [-0.4, -0.2) is 35.2 Å². The molecule has 1 fully saturated rings. The molecule has 0 atom stereocenters. The van der Waals surface area contributed by atoms with Crippen LogP contribution in [-0.2, 0) is 20.9 Å². The van der Waals surface area contributed by atoms with Crippen LogP contribution in [0.2, 0.25) is 0 Å². The molecule has 7 heteroatoms. The summed E-state index contributed by atoms with van der Waals surface area (Å²) in [5.41, 5.74) is 1.03. The Kier molecular flexibility index (Phi) is 9.06. The summed E-state index contributed by atoms with van der Waals surface area (Å²) in [6.07, 6.45) is 6.98. The number of para-hydroxylation sites is 1. The van der Waals surface area contributed by atoms with E-state index in [-0.39, 0.29) is 5.91 Å². The van der Waals surface area contributed by atoms with E-state index in [4.69, 9.17) is 24.5 Å². The lowest BCUT2D eigenvalue weighted by Gasteiger charge is -2.11. The van der Waals surface area contributed by atoms with E-state index in [0.29, 0.717) is 13.0 Å². The standard InChI is InChI=1S/C16H23NO2.C2H2O4/c1-19-15-9-5-4-8-14(15)12-17-16(18)11-10-13-6-2-3-7-13;3-1(4)2(5)6/h4-5,8-9,13H,2-3,6-7,10-12H2,1H3,(H,17,18);(H,3,4)(H,5,6). The van der Waals surface area contributed by atoms with Crippen molar-refractivity contribution < 1.29 is 29.3 Å². The molecule has 1 saturated carbocycles. The third-order valence-electron chi connectivity index (χ3n) is 4.11. The Morgan fingerprint density at radius 1 is 1.12 bits per heavy atom. The smallest absolute Gasteiger partial charge is 0.414 e. The predicted octanol–water partition coefficient (Wildman–Crippen LogP) is 2.44. The zero-order valence-electron chi connectivity index (χ0n) is 14.4. The van der Waals surface area contributed by atoms with Crippen LogP contribution < -0.4 is 10.1 Å². The first-order valence-electron chi connectivity index (χ1n) is 8.28. The third-order valence-corrected chi connectivity index (χ3v) is 4.11. The van der Waals surface area contributed by atoms with Gasteiger partial charge in [-0.25, -0.2) is 9.59 Å². The fourth-order valence-electron chi connectivity index (χ4n) is 2.77. The fraction of sp³-hybridized carbons (Fsp3) is 0.500. The number of aliphatic carboxylic acids is 2. The summed E-state index contributed by atoms with van der Waals surface area (Å²) in [6.45, 7) is 0.549. The van der Waals surface area contributed by atoms with E-state index >= 15 is 0 Å². The quantitative estimate of drug-likeness (QED) is 0.679. The molecule has 0 heterocycles. The Balaban J connectivity index is 0.000000450. The van der Waals surface area contributed by atoms with Crippen LogP contribution in [0, 0.1) is 5.92 Å². The van der Waals surface area contributed by atoms with E-state index in [0.717, 1.165) is 23.7 Å². The molecule has 1 aromatic carbocycles. The summed E-state index contributed by atoms with van der Waals surface area (Å²) >= 11 is 0. The van der Waals surface area contributed by atoms with Gasteiger partial charge >= 0.3 is 11.9 Å². The molecule has 7 nitrogen and oxygen atoms in total. The highest BCUT2D eigenvalue weighted by Gasteiger charge is 2.16. The summed E-state index contributed by atoms with van der Waals surface area (Å²) < 4.78 is 5.27. The molecule has 0 bridgehead atoms. The molecule has 0 saturated heterocycles. The molecule has 1 aromatic rings. The minimum atomic E-state index is -1.82.